The van der Waals surface area contributed by atoms with Gasteiger partial charge in [0.15, 0.2) is 11.6 Å². The maximum absolute atomic E-state index is 13.7. The summed E-state index contributed by atoms with van der Waals surface area (Å²) in [5.41, 5.74) is -0.346. The van der Waals surface area contributed by atoms with E-state index in [0.29, 0.717) is 10.9 Å². The van der Waals surface area contributed by atoms with Gasteiger partial charge in [0, 0.05) is 4.47 Å². The fraction of sp³-hybridized carbons (Fsp3) is 0.417. The molecule has 0 aromatic heterocycles. The van der Waals surface area contributed by atoms with Gasteiger partial charge in [0.1, 0.15) is 11.8 Å². The quantitative estimate of drug-likeness (QED) is 0.846. The Morgan fingerprint density at radius 3 is 2.61 bits per heavy atom. The summed E-state index contributed by atoms with van der Waals surface area (Å²) in [6, 6.07) is 2.25. The van der Waals surface area contributed by atoms with Crippen LogP contribution in [0, 0.1) is 11.6 Å². The Balaban J connectivity index is 2.30. The Hall–Kier alpha value is -1.17. The summed E-state index contributed by atoms with van der Waals surface area (Å²) in [6.45, 7) is 2.14. The van der Waals surface area contributed by atoms with Gasteiger partial charge in [-0.1, -0.05) is 29.3 Å². The molecule has 0 aliphatic carbocycles. The molecule has 1 aliphatic rings. The molecule has 6 heteroatoms. The highest BCUT2D eigenvalue weighted by molar-refractivity contribution is 9.10. The van der Waals surface area contributed by atoms with Crippen LogP contribution in [0.2, 0.25) is 0 Å². The average molecular weight is 320 g/mol. The first kappa shape index (κ1) is 13.3. The van der Waals surface area contributed by atoms with E-state index in [0.717, 1.165) is 23.5 Å². The lowest BCUT2D eigenvalue weighted by molar-refractivity contribution is 0.136. The lowest BCUT2D eigenvalue weighted by atomic mass is 10.2. The lowest BCUT2D eigenvalue weighted by Gasteiger charge is -2.15. The van der Waals surface area contributed by atoms with Crippen molar-refractivity contribution < 1.29 is 18.3 Å². The third kappa shape index (κ3) is 2.48. The Morgan fingerprint density at radius 2 is 2.06 bits per heavy atom. The molecule has 0 saturated carbocycles. The first-order valence-electron chi connectivity index (χ1n) is 5.65. The SMILES string of the molecule is CCCC1CN(c2c(F)cc(Br)cc2F)C(=O)O1. The van der Waals surface area contributed by atoms with Crippen LogP contribution in [-0.2, 0) is 4.74 Å². The molecule has 1 heterocycles. The van der Waals surface area contributed by atoms with Crippen molar-refractivity contribution >= 4 is 27.7 Å². The van der Waals surface area contributed by atoms with Gasteiger partial charge in [0.2, 0.25) is 0 Å². The zero-order valence-corrected chi connectivity index (χ0v) is 11.3. The molecule has 1 atom stereocenters. The van der Waals surface area contributed by atoms with Crippen LogP contribution in [0.5, 0.6) is 0 Å². The maximum atomic E-state index is 13.7. The third-order valence-electron chi connectivity index (χ3n) is 2.74. The van der Waals surface area contributed by atoms with Gasteiger partial charge in [-0.3, -0.25) is 4.90 Å². The first-order chi connectivity index (χ1) is 8.52. The van der Waals surface area contributed by atoms with Crippen molar-refractivity contribution in [3.05, 3.63) is 28.2 Å². The highest BCUT2D eigenvalue weighted by Crippen LogP contribution is 2.31. The molecule has 1 saturated heterocycles. The van der Waals surface area contributed by atoms with E-state index >= 15 is 0 Å². The van der Waals surface area contributed by atoms with Gasteiger partial charge in [-0.25, -0.2) is 13.6 Å². The second-order valence-corrected chi connectivity index (χ2v) is 5.04. The number of benzene rings is 1. The second kappa shape index (κ2) is 5.22. The van der Waals surface area contributed by atoms with Crippen LogP contribution in [0.1, 0.15) is 19.8 Å². The molecule has 3 nitrogen and oxygen atoms in total. The molecule has 1 aromatic rings. The van der Waals surface area contributed by atoms with Gasteiger partial charge in [0.05, 0.1) is 6.54 Å². The summed E-state index contributed by atoms with van der Waals surface area (Å²) in [5, 5.41) is 0. The van der Waals surface area contributed by atoms with Crippen LogP contribution in [0.25, 0.3) is 0 Å². The van der Waals surface area contributed by atoms with Crippen molar-refractivity contribution in [3.63, 3.8) is 0 Å². The summed E-state index contributed by atoms with van der Waals surface area (Å²) < 4.78 is 32.8. The highest BCUT2D eigenvalue weighted by Gasteiger charge is 2.35. The molecular formula is C12H12BrF2NO2. The van der Waals surface area contributed by atoms with Crippen LogP contribution < -0.4 is 4.90 Å². The van der Waals surface area contributed by atoms with Gasteiger partial charge in [-0.05, 0) is 18.6 Å². The average Bonchev–Trinajstić information content (AvgIpc) is 2.59. The van der Waals surface area contributed by atoms with E-state index in [2.05, 4.69) is 15.9 Å². The van der Waals surface area contributed by atoms with E-state index < -0.39 is 17.7 Å². The number of hydrogen-bond donors (Lipinski definition) is 0. The van der Waals surface area contributed by atoms with E-state index in [1.165, 1.54) is 0 Å². The molecule has 0 N–H and O–H groups in total. The maximum Gasteiger partial charge on any atom is 0.414 e. The number of nitrogens with zero attached hydrogens (tertiary/aromatic N) is 1. The van der Waals surface area contributed by atoms with Gasteiger partial charge < -0.3 is 4.74 Å². The minimum absolute atomic E-state index is 0.183. The van der Waals surface area contributed by atoms with E-state index in [4.69, 9.17) is 4.74 Å². The standard InChI is InChI=1S/C12H12BrF2NO2/c1-2-3-8-6-16(12(17)18-8)11-9(14)4-7(13)5-10(11)15/h4-5,8H,2-3,6H2,1H3. The molecule has 1 fully saturated rings. The second-order valence-electron chi connectivity index (χ2n) is 4.12. The number of carbonyl (C=O) groups is 1. The number of anilines is 1. The Labute approximate surface area is 112 Å². The number of carbonyl (C=O) groups excluding carboxylic acids is 1. The third-order valence-corrected chi connectivity index (χ3v) is 3.19. The summed E-state index contributed by atoms with van der Waals surface area (Å²) in [4.78, 5) is 12.6. The number of halogens is 3. The molecule has 1 unspecified atom stereocenters. The van der Waals surface area contributed by atoms with Crippen LogP contribution in [-0.4, -0.2) is 18.7 Å². The van der Waals surface area contributed by atoms with Crippen LogP contribution in [0.4, 0.5) is 19.3 Å². The monoisotopic (exact) mass is 319 g/mol. The minimum Gasteiger partial charge on any atom is -0.444 e. The number of amides is 1. The summed E-state index contributed by atoms with van der Waals surface area (Å²) in [6.07, 6.45) is 0.526. The Morgan fingerprint density at radius 1 is 1.44 bits per heavy atom. The van der Waals surface area contributed by atoms with Gasteiger partial charge in [-0.15, -0.1) is 0 Å². The summed E-state index contributed by atoms with van der Waals surface area (Å²) in [5.74, 6) is -1.56. The van der Waals surface area contributed by atoms with Crippen molar-refractivity contribution in [2.24, 2.45) is 0 Å². The van der Waals surface area contributed by atoms with E-state index in [9.17, 15) is 13.6 Å². The summed E-state index contributed by atoms with van der Waals surface area (Å²) >= 11 is 2.99. The predicted molar refractivity (Wildman–Crippen MR) is 66.6 cm³/mol. The van der Waals surface area contributed by atoms with Crippen molar-refractivity contribution in [2.75, 3.05) is 11.4 Å². The number of ether oxygens (including phenoxy) is 1. The zero-order chi connectivity index (χ0) is 13.3. The van der Waals surface area contributed by atoms with E-state index in [1.54, 1.807) is 0 Å². The molecule has 1 amide bonds. The molecular weight excluding hydrogens is 308 g/mol. The smallest absolute Gasteiger partial charge is 0.414 e. The van der Waals surface area contributed by atoms with E-state index in [1.807, 2.05) is 6.92 Å². The number of hydrogen-bond acceptors (Lipinski definition) is 2. The molecule has 0 radical (unpaired) electrons. The van der Waals surface area contributed by atoms with Crippen molar-refractivity contribution in [2.45, 2.75) is 25.9 Å². The fourth-order valence-corrected chi connectivity index (χ4v) is 2.37. The molecule has 98 valence electrons. The fourth-order valence-electron chi connectivity index (χ4n) is 1.97. The molecule has 1 aromatic carbocycles. The Kier molecular flexibility index (Phi) is 3.85. The topological polar surface area (TPSA) is 29.5 Å². The van der Waals surface area contributed by atoms with E-state index in [-0.39, 0.29) is 18.3 Å². The van der Waals surface area contributed by atoms with Crippen LogP contribution >= 0.6 is 15.9 Å². The molecule has 2 rings (SSSR count). The molecule has 1 aliphatic heterocycles. The summed E-state index contributed by atoms with van der Waals surface area (Å²) in [7, 11) is 0. The van der Waals surface area contributed by atoms with Crippen molar-refractivity contribution in [1.82, 2.24) is 0 Å². The number of rotatable bonds is 3. The lowest BCUT2D eigenvalue weighted by Crippen LogP contribution is -2.26. The van der Waals surface area contributed by atoms with Crippen LogP contribution in [0.3, 0.4) is 0 Å². The van der Waals surface area contributed by atoms with Crippen LogP contribution in [0.15, 0.2) is 16.6 Å². The van der Waals surface area contributed by atoms with Gasteiger partial charge in [-0.2, -0.15) is 0 Å². The van der Waals surface area contributed by atoms with Crippen molar-refractivity contribution in [1.29, 1.82) is 0 Å². The number of cyclic esters (lactones) is 1. The Bertz CT molecular complexity index is 458. The molecule has 18 heavy (non-hydrogen) atoms. The predicted octanol–water partition coefficient (Wildman–Crippen LogP) is 3.85. The first-order valence-corrected chi connectivity index (χ1v) is 6.45. The van der Waals surface area contributed by atoms with Gasteiger partial charge in [0.25, 0.3) is 0 Å². The highest BCUT2D eigenvalue weighted by atomic mass is 79.9. The zero-order valence-electron chi connectivity index (χ0n) is 9.75. The normalized spacial score (nSPS) is 19.2. The van der Waals surface area contributed by atoms with Crippen molar-refractivity contribution in [3.8, 4) is 0 Å². The minimum atomic E-state index is -0.782. The molecule has 0 spiro atoms. The largest absolute Gasteiger partial charge is 0.444 e. The molecule has 0 bridgehead atoms. The van der Waals surface area contributed by atoms with Gasteiger partial charge >= 0.3 is 6.09 Å².